The molecule has 0 amide bonds. The van der Waals surface area contributed by atoms with E-state index in [4.69, 9.17) is 17.3 Å². The molecular formula is C11H17BINO2. The van der Waals surface area contributed by atoms with Gasteiger partial charge in [0.25, 0.3) is 0 Å². The molecule has 2 atom stereocenters. The Labute approximate surface area is 112 Å². The second kappa shape index (κ2) is 6.26. The summed E-state index contributed by atoms with van der Waals surface area (Å²) in [4.78, 5) is 0. The lowest BCUT2D eigenvalue weighted by Crippen LogP contribution is -2.45. The molecule has 2 rings (SSSR count). The average molecular weight is 333 g/mol. The predicted molar refractivity (Wildman–Crippen MR) is 72.4 cm³/mol. The molecule has 1 saturated heterocycles. The second-order valence-electron chi connectivity index (χ2n) is 4.48. The van der Waals surface area contributed by atoms with Crippen molar-refractivity contribution >= 4 is 30.7 Å². The molecule has 5 heteroatoms. The number of hydrogen-bond donors (Lipinski definition) is 0. The van der Waals surface area contributed by atoms with Crippen LogP contribution in [0.1, 0.15) is 19.3 Å². The quantitative estimate of drug-likeness (QED) is 0.339. The van der Waals surface area contributed by atoms with Crippen LogP contribution in [-0.4, -0.2) is 42.8 Å². The van der Waals surface area contributed by atoms with Crippen LogP contribution in [0.4, 0.5) is 0 Å². The van der Waals surface area contributed by atoms with E-state index in [1.807, 2.05) is 6.26 Å². The summed E-state index contributed by atoms with van der Waals surface area (Å²) in [5.41, 5.74) is 0. The molecule has 0 N–H and O–H groups in total. The maximum absolute atomic E-state index is 5.76. The van der Waals surface area contributed by atoms with Crippen LogP contribution in [0.2, 0.25) is 0 Å². The van der Waals surface area contributed by atoms with Crippen LogP contribution in [0.5, 0.6) is 0 Å². The highest BCUT2D eigenvalue weighted by molar-refractivity contribution is 14.1. The van der Waals surface area contributed by atoms with E-state index in [9.17, 15) is 0 Å². The SMILES string of the molecule is [B]C1CN(I)CC(COC=CC2CCC2)O1. The minimum absolute atomic E-state index is 0.0895. The van der Waals surface area contributed by atoms with Crippen LogP contribution in [0.3, 0.4) is 0 Å². The lowest BCUT2D eigenvalue weighted by atomic mass is 9.86. The molecule has 2 radical (unpaired) electrons. The molecule has 0 aromatic rings. The molecule has 16 heavy (non-hydrogen) atoms. The lowest BCUT2D eigenvalue weighted by Gasteiger charge is -2.33. The van der Waals surface area contributed by atoms with Crippen LogP contribution in [-0.2, 0) is 9.47 Å². The van der Waals surface area contributed by atoms with Gasteiger partial charge in [-0.1, -0.05) is 6.42 Å². The summed E-state index contributed by atoms with van der Waals surface area (Å²) in [6, 6.07) is -0.185. The first-order valence-corrected chi connectivity index (χ1v) is 6.80. The molecule has 1 aliphatic carbocycles. The van der Waals surface area contributed by atoms with Gasteiger partial charge in [-0.25, -0.2) is 3.11 Å². The summed E-state index contributed by atoms with van der Waals surface area (Å²) >= 11 is 2.27. The highest BCUT2D eigenvalue weighted by Gasteiger charge is 2.23. The zero-order valence-electron chi connectivity index (χ0n) is 9.35. The van der Waals surface area contributed by atoms with Crippen molar-refractivity contribution in [2.45, 2.75) is 31.4 Å². The Bertz CT molecular complexity index is 238. The van der Waals surface area contributed by atoms with E-state index in [1.54, 1.807) is 0 Å². The lowest BCUT2D eigenvalue weighted by molar-refractivity contribution is -0.0462. The Morgan fingerprint density at radius 1 is 1.44 bits per heavy atom. The third-order valence-corrected chi connectivity index (χ3v) is 3.81. The second-order valence-corrected chi connectivity index (χ2v) is 5.84. The molecular weight excluding hydrogens is 316 g/mol. The summed E-state index contributed by atoms with van der Waals surface area (Å²) in [5.74, 6) is 0.746. The summed E-state index contributed by atoms with van der Waals surface area (Å²) in [6.07, 6.45) is 8.06. The van der Waals surface area contributed by atoms with Gasteiger partial charge < -0.3 is 9.47 Å². The topological polar surface area (TPSA) is 21.7 Å². The van der Waals surface area contributed by atoms with Gasteiger partial charge in [0.2, 0.25) is 0 Å². The van der Waals surface area contributed by atoms with Crippen molar-refractivity contribution in [1.82, 2.24) is 3.11 Å². The third-order valence-electron chi connectivity index (χ3n) is 3.03. The Morgan fingerprint density at radius 3 is 2.88 bits per heavy atom. The van der Waals surface area contributed by atoms with Crippen molar-refractivity contribution < 1.29 is 9.47 Å². The van der Waals surface area contributed by atoms with E-state index >= 15 is 0 Å². The van der Waals surface area contributed by atoms with Gasteiger partial charge >= 0.3 is 0 Å². The van der Waals surface area contributed by atoms with E-state index in [-0.39, 0.29) is 12.1 Å². The molecule has 2 fully saturated rings. The number of halogens is 1. The molecule has 88 valence electrons. The molecule has 0 aromatic carbocycles. The maximum atomic E-state index is 5.76. The molecule has 1 aliphatic heterocycles. The first-order chi connectivity index (χ1) is 7.74. The first kappa shape index (κ1) is 12.7. The molecule has 1 heterocycles. The zero-order valence-corrected chi connectivity index (χ0v) is 11.5. The van der Waals surface area contributed by atoms with Crippen LogP contribution < -0.4 is 0 Å². The first-order valence-electron chi connectivity index (χ1n) is 5.84. The molecule has 0 spiro atoms. The Kier molecular flexibility index (Phi) is 4.97. The fourth-order valence-electron chi connectivity index (χ4n) is 1.88. The van der Waals surface area contributed by atoms with Gasteiger partial charge in [0.15, 0.2) is 0 Å². The minimum atomic E-state index is -0.185. The van der Waals surface area contributed by atoms with Crippen LogP contribution in [0.15, 0.2) is 12.3 Å². The molecule has 1 saturated carbocycles. The van der Waals surface area contributed by atoms with Crippen molar-refractivity contribution in [3.05, 3.63) is 12.3 Å². The molecule has 2 aliphatic rings. The zero-order chi connectivity index (χ0) is 11.4. The van der Waals surface area contributed by atoms with Crippen molar-refractivity contribution in [1.29, 1.82) is 0 Å². The predicted octanol–water partition coefficient (Wildman–Crippen LogP) is 1.86. The van der Waals surface area contributed by atoms with E-state index in [2.05, 4.69) is 32.1 Å². The number of ether oxygens (including phenoxy) is 2. The van der Waals surface area contributed by atoms with Crippen molar-refractivity contribution in [2.75, 3.05) is 19.7 Å². The standard InChI is InChI=1S/C11H17BINO2/c12-11-7-14(13)6-10(16-11)8-15-5-4-9-2-1-3-9/h4-5,9-11H,1-3,6-8H2. The normalized spacial score (nSPS) is 32.8. The maximum Gasteiger partial charge on any atom is 0.115 e. The molecule has 0 aromatic heterocycles. The number of rotatable bonds is 4. The van der Waals surface area contributed by atoms with Crippen molar-refractivity contribution in [3.8, 4) is 0 Å². The van der Waals surface area contributed by atoms with Gasteiger partial charge in [-0.15, -0.1) is 0 Å². The van der Waals surface area contributed by atoms with E-state index < -0.39 is 0 Å². The van der Waals surface area contributed by atoms with Gasteiger partial charge in [-0.05, 0) is 24.8 Å². The van der Waals surface area contributed by atoms with Crippen LogP contribution >= 0.6 is 22.9 Å². The van der Waals surface area contributed by atoms with E-state index in [0.29, 0.717) is 6.61 Å². The molecule has 3 nitrogen and oxygen atoms in total. The molecule has 2 unspecified atom stereocenters. The minimum Gasteiger partial charge on any atom is -0.499 e. The third kappa shape index (κ3) is 3.93. The molecule has 0 bridgehead atoms. The number of hydrogen-bond acceptors (Lipinski definition) is 3. The van der Waals surface area contributed by atoms with Gasteiger partial charge in [0.1, 0.15) is 20.6 Å². The summed E-state index contributed by atoms with van der Waals surface area (Å²) in [6.45, 7) is 2.26. The summed E-state index contributed by atoms with van der Waals surface area (Å²) < 4.78 is 13.2. The van der Waals surface area contributed by atoms with Crippen molar-refractivity contribution in [3.63, 3.8) is 0 Å². The van der Waals surface area contributed by atoms with Gasteiger partial charge in [0, 0.05) is 42.0 Å². The van der Waals surface area contributed by atoms with Gasteiger partial charge in [-0.3, -0.25) is 0 Å². The Morgan fingerprint density at radius 2 is 2.25 bits per heavy atom. The Hall–Kier alpha value is 0.255. The Balaban J connectivity index is 1.62. The smallest absolute Gasteiger partial charge is 0.115 e. The summed E-state index contributed by atoms with van der Waals surface area (Å²) in [5, 5.41) is 0. The van der Waals surface area contributed by atoms with Crippen molar-refractivity contribution in [2.24, 2.45) is 5.92 Å². The van der Waals surface area contributed by atoms with Gasteiger partial charge in [0.05, 0.1) is 6.26 Å². The van der Waals surface area contributed by atoms with Crippen LogP contribution in [0.25, 0.3) is 0 Å². The summed E-state index contributed by atoms with van der Waals surface area (Å²) in [7, 11) is 5.76. The fourth-order valence-corrected chi connectivity index (χ4v) is 2.71. The number of nitrogens with zero attached hydrogens (tertiary/aromatic N) is 1. The number of allylic oxidation sites excluding steroid dienone is 1. The monoisotopic (exact) mass is 333 g/mol. The average Bonchev–Trinajstić information content (AvgIpc) is 2.13. The highest BCUT2D eigenvalue weighted by atomic mass is 127. The van der Waals surface area contributed by atoms with E-state index in [1.165, 1.54) is 19.3 Å². The fraction of sp³-hybridized carbons (Fsp3) is 0.818. The van der Waals surface area contributed by atoms with Crippen LogP contribution in [0, 0.1) is 5.92 Å². The largest absolute Gasteiger partial charge is 0.499 e. The highest BCUT2D eigenvalue weighted by Crippen LogP contribution is 2.27. The van der Waals surface area contributed by atoms with Gasteiger partial charge in [-0.2, -0.15) is 0 Å². The van der Waals surface area contributed by atoms with E-state index in [0.717, 1.165) is 19.0 Å². The number of morpholine rings is 1.